The highest BCUT2D eigenvalue weighted by Crippen LogP contribution is 2.17. The van der Waals surface area contributed by atoms with E-state index in [2.05, 4.69) is 16.7 Å². The number of methoxy groups -OCH3 is 1. The first-order chi connectivity index (χ1) is 10.2. The summed E-state index contributed by atoms with van der Waals surface area (Å²) in [6.45, 7) is 8.50. The van der Waals surface area contributed by atoms with Crippen LogP contribution in [0.25, 0.3) is 0 Å². The molecule has 1 heterocycles. The molecule has 0 amide bonds. The fourth-order valence-electron chi connectivity index (χ4n) is 2.50. The number of hydrogen-bond acceptors (Lipinski definition) is 5. The van der Waals surface area contributed by atoms with Crippen LogP contribution in [0.5, 0.6) is 11.5 Å². The Morgan fingerprint density at radius 1 is 1.05 bits per heavy atom. The Kier molecular flexibility index (Phi) is 6.29. The summed E-state index contributed by atoms with van der Waals surface area (Å²) in [5, 5.41) is 10.1. The summed E-state index contributed by atoms with van der Waals surface area (Å²) in [6.07, 6.45) is -0.458. The van der Waals surface area contributed by atoms with Crippen LogP contribution in [-0.4, -0.2) is 74.0 Å². The van der Waals surface area contributed by atoms with Gasteiger partial charge in [-0.25, -0.2) is 0 Å². The molecule has 0 saturated carbocycles. The molecule has 1 aromatic rings. The molecule has 1 atom stereocenters. The van der Waals surface area contributed by atoms with E-state index in [4.69, 9.17) is 9.47 Å². The van der Waals surface area contributed by atoms with Crippen molar-refractivity contribution in [3.8, 4) is 11.5 Å². The molecule has 0 unspecified atom stereocenters. The topological polar surface area (TPSA) is 45.2 Å². The van der Waals surface area contributed by atoms with Crippen LogP contribution in [0.4, 0.5) is 0 Å². The number of aliphatic hydroxyl groups is 1. The SMILES string of the molecule is CCN1CCN(C[C@@H](O)COc2ccc(OC)cc2)CC1. The Morgan fingerprint density at radius 2 is 1.62 bits per heavy atom. The van der Waals surface area contributed by atoms with Crippen LogP contribution in [0.3, 0.4) is 0 Å². The molecule has 0 aliphatic carbocycles. The Hall–Kier alpha value is -1.30. The maximum Gasteiger partial charge on any atom is 0.119 e. The fraction of sp³-hybridized carbons (Fsp3) is 0.625. The Morgan fingerprint density at radius 3 is 2.19 bits per heavy atom. The molecular weight excluding hydrogens is 268 g/mol. The number of nitrogens with zero attached hydrogens (tertiary/aromatic N) is 2. The summed E-state index contributed by atoms with van der Waals surface area (Å²) in [4.78, 5) is 4.73. The monoisotopic (exact) mass is 294 g/mol. The molecule has 5 nitrogen and oxygen atoms in total. The van der Waals surface area contributed by atoms with Gasteiger partial charge in [0.25, 0.3) is 0 Å². The van der Waals surface area contributed by atoms with Gasteiger partial charge in [0.2, 0.25) is 0 Å². The van der Waals surface area contributed by atoms with Crippen molar-refractivity contribution in [2.75, 3.05) is 53.0 Å². The average Bonchev–Trinajstić information content (AvgIpc) is 2.54. The molecule has 0 radical (unpaired) electrons. The van der Waals surface area contributed by atoms with Crippen molar-refractivity contribution in [2.24, 2.45) is 0 Å². The molecule has 1 fully saturated rings. The summed E-state index contributed by atoms with van der Waals surface area (Å²) in [7, 11) is 1.64. The molecule has 1 aliphatic heterocycles. The van der Waals surface area contributed by atoms with Gasteiger partial charge in [0.1, 0.15) is 24.2 Å². The zero-order chi connectivity index (χ0) is 15.1. The second kappa shape index (κ2) is 8.22. The van der Waals surface area contributed by atoms with Crippen molar-refractivity contribution >= 4 is 0 Å². The van der Waals surface area contributed by atoms with E-state index in [-0.39, 0.29) is 0 Å². The molecule has 1 N–H and O–H groups in total. The van der Waals surface area contributed by atoms with E-state index in [1.165, 1.54) is 0 Å². The van der Waals surface area contributed by atoms with Gasteiger partial charge in [-0.3, -0.25) is 4.90 Å². The lowest BCUT2D eigenvalue weighted by molar-refractivity contribution is 0.0471. The summed E-state index contributed by atoms with van der Waals surface area (Å²) >= 11 is 0. The minimum absolute atomic E-state index is 0.320. The van der Waals surface area contributed by atoms with Crippen molar-refractivity contribution in [1.29, 1.82) is 0 Å². The second-order valence-electron chi connectivity index (χ2n) is 5.38. The first kappa shape index (κ1) is 16.1. The zero-order valence-corrected chi connectivity index (χ0v) is 13.0. The summed E-state index contributed by atoms with van der Waals surface area (Å²) in [6, 6.07) is 7.41. The molecule has 1 saturated heterocycles. The van der Waals surface area contributed by atoms with Crippen LogP contribution in [0.1, 0.15) is 6.92 Å². The molecule has 0 aromatic heterocycles. The standard InChI is InChI=1S/C16H26N2O3/c1-3-17-8-10-18(11-9-17)12-14(19)13-21-16-6-4-15(20-2)5-7-16/h4-7,14,19H,3,8-13H2,1-2H3/t14-/m1/s1. The van der Waals surface area contributed by atoms with E-state index < -0.39 is 6.10 Å². The normalized spacial score (nSPS) is 18.4. The van der Waals surface area contributed by atoms with Crippen LogP contribution >= 0.6 is 0 Å². The van der Waals surface area contributed by atoms with Crippen molar-refractivity contribution in [2.45, 2.75) is 13.0 Å². The van der Waals surface area contributed by atoms with Crippen LogP contribution in [0.15, 0.2) is 24.3 Å². The molecule has 0 bridgehead atoms. The molecule has 1 aromatic carbocycles. The number of ether oxygens (including phenoxy) is 2. The van der Waals surface area contributed by atoms with Crippen LogP contribution in [0, 0.1) is 0 Å². The fourth-order valence-corrected chi connectivity index (χ4v) is 2.50. The third kappa shape index (κ3) is 5.19. The number of likely N-dealkylation sites (N-methyl/N-ethyl adjacent to an activating group) is 1. The Bertz CT molecular complexity index is 402. The van der Waals surface area contributed by atoms with Crippen molar-refractivity contribution in [3.63, 3.8) is 0 Å². The highest BCUT2D eigenvalue weighted by Gasteiger charge is 2.18. The van der Waals surface area contributed by atoms with Gasteiger partial charge < -0.3 is 19.5 Å². The maximum absolute atomic E-state index is 10.1. The van der Waals surface area contributed by atoms with E-state index in [1.807, 2.05) is 24.3 Å². The minimum Gasteiger partial charge on any atom is -0.497 e. The van der Waals surface area contributed by atoms with Gasteiger partial charge in [-0.2, -0.15) is 0 Å². The molecule has 0 spiro atoms. The molecule has 5 heteroatoms. The van der Waals surface area contributed by atoms with E-state index in [0.29, 0.717) is 13.2 Å². The molecular formula is C16H26N2O3. The highest BCUT2D eigenvalue weighted by molar-refractivity contribution is 5.31. The number of β-amino-alcohol motifs (C(OH)–C–C–N with tert-alkyl or cyclic N) is 1. The van der Waals surface area contributed by atoms with Crippen LogP contribution < -0.4 is 9.47 Å². The van der Waals surface area contributed by atoms with E-state index in [1.54, 1.807) is 7.11 Å². The summed E-state index contributed by atoms with van der Waals surface area (Å²) < 4.78 is 10.7. The highest BCUT2D eigenvalue weighted by atomic mass is 16.5. The van der Waals surface area contributed by atoms with Crippen molar-refractivity contribution in [3.05, 3.63) is 24.3 Å². The van der Waals surface area contributed by atoms with Crippen molar-refractivity contribution < 1.29 is 14.6 Å². The average molecular weight is 294 g/mol. The lowest BCUT2D eigenvalue weighted by Crippen LogP contribution is -2.49. The largest absolute Gasteiger partial charge is 0.497 e. The summed E-state index contributed by atoms with van der Waals surface area (Å²) in [5.74, 6) is 1.56. The molecule has 21 heavy (non-hydrogen) atoms. The van der Waals surface area contributed by atoms with Gasteiger partial charge >= 0.3 is 0 Å². The number of rotatable bonds is 7. The number of benzene rings is 1. The van der Waals surface area contributed by atoms with Crippen molar-refractivity contribution in [1.82, 2.24) is 9.80 Å². The van der Waals surface area contributed by atoms with Gasteiger partial charge in [0.15, 0.2) is 0 Å². The second-order valence-corrected chi connectivity index (χ2v) is 5.38. The van der Waals surface area contributed by atoms with E-state index in [0.717, 1.165) is 44.2 Å². The van der Waals surface area contributed by atoms with Gasteiger partial charge in [-0.1, -0.05) is 6.92 Å². The quantitative estimate of drug-likeness (QED) is 0.815. The number of hydrogen-bond donors (Lipinski definition) is 1. The van der Waals surface area contributed by atoms with Crippen LogP contribution in [-0.2, 0) is 0 Å². The minimum atomic E-state index is -0.458. The number of piperazine rings is 1. The van der Waals surface area contributed by atoms with Gasteiger partial charge in [-0.05, 0) is 30.8 Å². The van der Waals surface area contributed by atoms with E-state index >= 15 is 0 Å². The summed E-state index contributed by atoms with van der Waals surface area (Å²) in [5.41, 5.74) is 0. The zero-order valence-electron chi connectivity index (χ0n) is 13.0. The van der Waals surface area contributed by atoms with Crippen LogP contribution in [0.2, 0.25) is 0 Å². The lowest BCUT2D eigenvalue weighted by Gasteiger charge is -2.34. The van der Waals surface area contributed by atoms with Gasteiger partial charge in [0.05, 0.1) is 7.11 Å². The van der Waals surface area contributed by atoms with E-state index in [9.17, 15) is 5.11 Å². The molecule has 118 valence electrons. The third-order valence-electron chi connectivity index (χ3n) is 3.88. The predicted molar refractivity (Wildman–Crippen MR) is 83.0 cm³/mol. The number of aliphatic hydroxyl groups excluding tert-OH is 1. The first-order valence-electron chi connectivity index (χ1n) is 7.61. The van der Waals surface area contributed by atoms with Gasteiger partial charge in [-0.15, -0.1) is 0 Å². The first-order valence-corrected chi connectivity index (χ1v) is 7.61. The molecule has 2 rings (SSSR count). The Balaban J connectivity index is 1.68. The Labute approximate surface area is 127 Å². The van der Waals surface area contributed by atoms with Gasteiger partial charge in [0, 0.05) is 32.7 Å². The lowest BCUT2D eigenvalue weighted by atomic mass is 10.2. The molecule has 1 aliphatic rings. The predicted octanol–water partition coefficient (Wildman–Crippen LogP) is 1.07. The smallest absolute Gasteiger partial charge is 0.119 e. The maximum atomic E-state index is 10.1. The third-order valence-corrected chi connectivity index (χ3v) is 3.88.